The molecule has 0 aromatic rings. The predicted molar refractivity (Wildman–Crippen MR) is 52.4 cm³/mol. The van der Waals surface area contributed by atoms with E-state index < -0.39 is 5.60 Å². The maximum absolute atomic E-state index is 10.4. The lowest BCUT2D eigenvalue weighted by atomic mass is 9.81. The van der Waals surface area contributed by atoms with E-state index in [1.165, 1.54) is 13.1 Å². The normalized spacial score (nSPS) is 44.8. The topological polar surface area (TPSA) is 49.5 Å². The van der Waals surface area contributed by atoms with E-state index in [4.69, 9.17) is 5.73 Å². The fraction of sp³-hybridized carbons (Fsp3) is 1.00. The zero-order valence-electron chi connectivity index (χ0n) is 8.21. The van der Waals surface area contributed by atoms with Gasteiger partial charge >= 0.3 is 0 Å². The summed E-state index contributed by atoms with van der Waals surface area (Å²) in [5, 5.41) is 10.4. The maximum Gasteiger partial charge on any atom is 0.0701 e. The Morgan fingerprint density at radius 2 is 2.31 bits per heavy atom. The average molecular weight is 184 g/mol. The molecule has 0 saturated carbocycles. The molecule has 13 heavy (non-hydrogen) atoms. The van der Waals surface area contributed by atoms with Gasteiger partial charge in [-0.25, -0.2) is 0 Å². The van der Waals surface area contributed by atoms with Crippen LogP contribution in [0.25, 0.3) is 0 Å². The number of aliphatic hydroxyl groups is 1. The monoisotopic (exact) mass is 184 g/mol. The van der Waals surface area contributed by atoms with E-state index in [2.05, 4.69) is 4.90 Å². The van der Waals surface area contributed by atoms with Crippen LogP contribution < -0.4 is 5.73 Å². The summed E-state index contributed by atoms with van der Waals surface area (Å²) in [7, 11) is 0. The molecule has 2 rings (SSSR count). The molecule has 2 bridgehead atoms. The van der Waals surface area contributed by atoms with Crippen molar-refractivity contribution in [3.05, 3.63) is 0 Å². The summed E-state index contributed by atoms with van der Waals surface area (Å²) in [6.45, 7) is 4.06. The van der Waals surface area contributed by atoms with Crippen molar-refractivity contribution in [2.24, 2.45) is 11.7 Å². The van der Waals surface area contributed by atoms with Gasteiger partial charge in [0.05, 0.1) is 5.60 Å². The Hall–Kier alpha value is -0.120. The van der Waals surface area contributed by atoms with Crippen molar-refractivity contribution in [3.63, 3.8) is 0 Å². The van der Waals surface area contributed by atoms with E-state index in [1.54, 1.807) is 0 Å². The van der Waals surface area contributed by atoms with Crippen LogP contribution in [-0.2, 0) is 0 Å². The predicted octanol–water partition coefficient (Wildman–Crippen LogP) is 0.182. The third-order valence-corrected chi connectivity index (χ3v) is 3.69. The summed E-state index contributed by atoms with van der Waals surface area (Å²) in [6, 6.07) is 0. The van der Waals surface area contributed by atoms with Gasteiger partial charge in [0, 0.05) is 12.5 Å². The van der Waals surface area contributed by atoms with Crippen LogP contribution >= 0.6 is 0 Å². The molecule has 0 amide bonds. The van der Waals surface area contributed by atoms with Gasteiger partial charge in [-0.15, -0.1) is 0 Å². The van der Waals surface area contributed by atoms with Crippen molar-refractivity contribution >= 4 is 0 Å². The summed E-state index contributed by atoms with van der Waals surface area (Å²) in [5.41, 5.74) is 5.11. The summed E-state index contributed by atoms with van der Waals surface area (Å²) in [5.74, 6) is 0.485. The summed E-state index contributed by atoms with van der Waals surface area (Å²) in [4.78, 5) is 2.47. The third kappa shape index (κ3) is 1.73. The molecule has 0 aliphatic carbocycles. The molecule has 2 aliphatic heterocycles. The molecule has 3 N–H and O–H groups in total. The number of rotatable bonds is 2. The van der Waals surface area contributed by atoms with Gasteiger partial charge in [-0.3, -0.25) is 0 Å². The lowest BCUT2D eigenvalue weighted by Crippen LogP contribution is -2.39. The van der Waals surface area contributed by atoms with Crippen molar-refractivity contribution in [1.29, 1.82) is 0 Å². The first-order chi connectivity index (χ1) is 6.24. The number of hydrogen-bond donors (Lipinski definition) is 2. The lowest BCUT2D eigenvalue weighted by Gasteiger charge is -2.32. The molecule has 3 nitrogen and oxygen atoms in total. The van der Waals surface area contributed by atoms with Crippen molar-refractivity contribution < 1.29 is 5.11 Å². The molecule has 3 unspecified atom stereocenters. The second-order valence-electron chi connectivity index (χ2n) is 4.53. The van der Waals surface area contributed by atoms with E-state index in [0.717, 1.165) is 32.2 Å². The Labute approximate surface area is 79.9 Å². The number of fused-ring (bicyclic) bond motifs is 2. The van der Waals surface area contributed by atoms with Crippen LogP contribution in [-0.4, -0.2) is 41.8 Å². The number of nitrogens with zero attached hydrogens (tertiary/aromatic N) is 1. The highest BCUT2D eigenvalue weighted by molar-refractivity contribution is 4.95. The second-order valence-corrected chi connectivity index (χ2v) is 4.53. The van der Waals surface area contributed by atoms with Crippen molar-refractivity contribution in [2.75, 3.05) is 26.2 Å². The molecular weight excluding hydrogens is 164 g/mol. The molecule has 0 aromatic carbocycles. The van der Waals surface area contributed by atoms with Gasteiger partial charge in [-0.05, 0) is 45.3 Å². The summed E-state index contributed by atoms with van der Waals surface area (Å²) < 4.78 is 0. The first-order valence-electron chi connectivity index (χ1n) is 5.39. The fourth-order valence-corrected chi connectivity index (χ4v) is 2.87. The molecule has 0 spiro atoms. The highest BCUT2D eigenvalue weighted by Crippen LogP contribution is 2.36. The fourth-order valence-electron chi connectivity index (χ4n) is 2.87. The molecule has 2 aliphatic rings. The highest BCUT2D eigenvalue weighted by atomic mass is 16.3. The summed E-state index contributed by atoms with van der Waals surface area (Å²) in [6.07, 6.45) is 4.03. The summed E-state index contributed by atoms with van der Waals surface area (Å²) >= 11 is 0. The molecule has 76 valence electrons. The largest absolute Gasteiger partial charge is 0.390 e. The van der Waals surface area contributed by atoms with E-state index in [1.807, 2.05) is 0 Å². The molecule has 2 heterocycles. The van der Waals surface area contributed by atoms with Gasteiger partial charge < -0.3 is 15.7 Å². The minimum Gasteiger partial charge on any atom is -0.390 e. The Bertz CT molecular complexity index is 186. The SMILES string of the molecule is NCCC1(O)CCCN2CCC1C2. The van der Waals surface area contributed by atoms with Crippen molar-refractivity contribution in [2.45, 2.75) is 31.3 Å². The first-order valence-corrected chi connectivity index (χ1v) is 5.39. The Kier molecular flexibility index (Phi) is 2.58. The van der Waals surface area contributed by atoms with Crippen LogP contribution in [0.4, 0.5) is 0 Å². The van der Waals surface area contributed by atoms with Crippen LogP contribution in [0.2, 0.25) is 0 Å². The van der Waals surface area contributed by atoms with E-state index in [-0.39, 0.29) is 0 Å². The van der Waals surface area contributed by atoms with Crippen LogP contribution in [0.15, 0.2) is 0 Å². The molecule has 0 aromatic heterocycles. The standard InChI is InChI=1S/C10H20N2O/c11-5-4-10(13)3-1-6-12-7-2-9(10)8-12/h9,13H,1-8,11H2. The molecule has 3 atom stereocenters. The van der Waals surface area contributed by atoms with E-state index >= 15 is 0 Å². The quantitative estimate of drug-likeness (QED) is 0.644. The van der Waals surface area contributed by atoms with Crippen LogP contribution in [0, 0.1) is 5.92 Å². The smallest absolute Gasteiger partial charge is 0.0701 e. The Balaban J connectivity index is 2.07. The van der Waals surface area contributed by atoms with Gasteiger partial charge in [0.1, 0.15) is 0 Å². The van der Waals surface area contributed by atoms with Gasteiger partial charge in [-0.2, -0.15) is 0 Å². The zero-order chi connectivity index (χ0) is 9.31. The Morgan fingerprint density at radius 1 is 1.46 bits per heavy atom. The molecule has 0 radical (unpaired) electrons. The maximum atomic E-state index is 10.4. The van der Waals surface area contributed by atoms with Crippen molar-refractivity contribution in [1.82, 2.24) is 4.90 Å². The number of hydrogen-bond acceptors (Lipinski definition) is 3. The van der Waals surface area contributed by atoms with Gasteiger partial charge in [0.15, 0.2) is 0 Å². The lowest BCUT2D eigenvalue weighted by molar-refractivity contribution is -0.0224. The van der Waals surface area contributed by atoms with Gasteiger partial charge in [0.2, 0.25) is 0 Å². The second kappa shape index (κ2) is 3.56. The van der Waals surface area contributed by atoms with Crippen LogP contribution in [0.1, 0.15) is 25.7 Å². The number of nitrogens with two attached hydrogens (primary N) is 1. The molecular formula is C10H20N2O. The van der Waals surface area contributed by atoms with E-state index in [0.29, 0.717) is 12.5 Å². The zero-order valence-corrected chi connectivity index (χ0v) is 8.21. The highest BCUT2D eigenvalue weighted by Gasteiger charge is 2.41. The minimum atomic E-state index is -0.444. The molecule has 2 saturated heterocycles. The van der Waals surface area contributed by atoms with E-state index in [9.17, 15) is 5.11 Å². The molecule has 2 fully saturated rings. The third-order valence-electron chi connectivity index (χ3n) is 3.69. The van der Waals surface area contributed by atoms with Gasteiger partial charge in [-0.1, -0.05) is 0 Å². The van der Waals surface area contributed by atoms with Crippen LogP contribution in [0.5, 0.6) is 0 Å². The minimum absolute atomic E-state index is 0.444. The Morgan fingerprint density at radius 3 is 3.08 bits per heavy atom. The first kappa shape index (κ1) is 9.44. The average Bonchev–Trinajstić information content (AvgIpc) is 2.47. The van der Waals surface area contributed by atoms with Crippen molar-refractivity contribution in [3.8, 4) is 0 Å². The van der Waals surface area contributed by atoms with Gasteiger partial charge in [0.25, 0.3) is 0 Å². The molecule has 3 heteroatoms. The van der Waals surface area contributed by atoms with Crippen LogP contribution in [0.3, 0.4) is 0 Å².